The maximum absolute atomic E-state index is 9.55. The van der Waals surface area contributed by atoms with E-state index >= 15 is 0 Å². The van der Waals surface area contributed by atoms with Gasteiger partial charge in [-0.1, -0.05) is 0 Å². The van der Waals surface area contributed by atoms with Crippen molar-refractivity contribution < 1.29 is 4.74 Å². The van der Waals surface area contributed by atoms with Gasteiger partial charge in [0.25, 0.3) is 0 Å². The minimum atomic E-state index is 0.271. The molecule has 5 aromatic rings. The number of anilines is 2. The first-order chi connectivity index (χ1) is 17.4. The van der Waals surface area contributed by atoms with Gasteiger partial charge < -0.3 is 15.8 Å². The van der Waals surface area contributed by atoms with E-state index in [1.54, 1.807) is 24.5 Å². The fourth-order valence-corrected chi connectivity index (χ4v) is 4.44. The molecule has 0 radical (unpaired) electrons. The van der Waals surface area contributed by atoms with Crippen LogP contribution < -0.4 is 15.8 Å². The lowest BCUT2D eigenvalue weighted by Crippen LogP contribution is -2.07. The summed E-state index contributed by atoms with van der Waals surface area (Å²) in [6.45, 7) is 7.00. The van der Waals surface area contributed by atoms with Gasteiger partial charge in [0.15, 0.2) is 0 Å². The van der Waals surface area contributed by atoms with Crippen molar-refractivity contribution >= 4 is 33.3 Å². The van der Waals surface area contributed by atoms with Gasteiger partial charge in [-0.2, -0.15) is 5.26 Å². The highest BCUT2D eigenvalue weighted by Gasteiger charge is 2.11. The number of nitrogens with zero attached hydrogens (tertiary/aromatic N) is 5. The van der Waals surface area contributed by atoms with E-state index in [0.717, 1.165) is 38.4 Å². The molecule has 0 spiro atoms. The largest absolute Gasteiger partial charge is 0.473 e. The van der Waals surface area contributed by atoms with Crippen molar-refractivity contribution in [2.24, 2.45) is 0 Å². The smallest absolute Gasteiger partial charge is 0.218 e. The molecular weight excluding hydrogens is 450 g/mol. The Hall–Kier alpha value is -4.77. The number of nitrogen functional groups attached to an aromatic ring is 1. The SMILES string of the molecule is Cc1cnc2c(C#N)cc(COc3cc(NCc4c(C)cc5c(N)nccc5c4C)ncn3)cc2c1. The summed E-state index contributed by atoms with van der Waals surface area (Å²) in [4.78, 5) is 17.2. The molecule has 0 amide bonds. The van der Waals surface area contributed by atoms with Gasteiger partial charge >= 0.3 is 0 Å². The Kier molecular flexibility index (Phi) is 6.05. The first-order valence-electron chi connectivity index (χ1n) is 11.5. The van der Waals surface area contributed by atoms with Crippen LogP contribution in [0.2, 0.25) is 0 Å². The maximum Gasteiger partial charge on any atom is 0.218 e. The molecule has 0 bridgehead atoms. The van der Waals surface area contributed by atoms with Crippen LogP contribution in [-0.4, -0.2) is 19.9 Å². The van der Waals surface area contributed by atoms with E-state index in [1.165, 1.54) is 11.9 Å². The molecule has 0 unspecified atom stereocenters. The lowest BCUT2D eigenvalue weighted by molar-refractivity contribution is 0.293. The van der Waals surface area contributed by atoms with E-state index in [-0.39, 0.29) is 6.61 Å². The zero-order valence-corrected chi connectivity index (χ0v) is 20.3. The highest BCUT2D eigenvalue weighted by Crippen LogP contribution is 2.28. The molecule has 178 valence electrons. The first-order valence-corrected chi connectivity index (χ1v) is 11.5. The van der Waals surface area contributed by atoms with E-state index in [1.807, 2.05) is 25.1 Å². The molecule has 0 atom stereocenters. The molecular formula is C28H25N7O. The molecule has 0 aliphatic heterocycles. The van der Waals surface area contributed by atoms with E-state index < -0.39 is 0 Å². The van der Waals surface area contributed by atoms with Crippen LogP contribution in [0.25, 0.3) is 21.7 Å². The van der Waals surface area contributed by atoms with Crippen LogP contribution in [0, 0.1) is 32.1 Å². The minimum absolute atomic E-state index is 0.271. The van der Waals surface area contributed by atoms with Crippen molar-refractivity contribution in [1.82, 2.24) is 19.9 Å². The number of aryl methyl sites for hydroxylation is 3. The fraction of sp³-hybridized carbons (Fsp3) is 0.179. The number of ether oxygens (including phenoxy) is 1. The summed E-state index contributed by atoms with van der Waals surface area (Å²) < 4.78 is 5.94. The highest BCUT2D eigenvalue weighted by molar-refractivity contribution is 5.94. The number of aromatic nitrogens is 4. The first kappa shape index (κ1) is 23.0. The quantitative estimate of drug-likeness (QED) is 0.346. The molecule has 0 saturated carbocycles. The van der Waals surface area contributed by atoms with Gasteiger partial charge in [0.2, 0.25) is 5.88 Å². The predicted molar refractivity (Wildman–Crippen MR) is 141 cm³/mol. The molecule has 36 heavy (non-hydrogen) atoms. The number of hydrogen-bond donors (Lipinski definition) is 2. The summed E-state index contributed by atoms with van der Waals surface area (Å²) in [6.07, 6.45) is 4.97. The Morgan fingerprint density at radius 1 is 1.00 bits per heavy atom. The predicted octanol–water partition coefficient (Wildman–Crippen LogP) is 5.14. The van der Waals surface area contributed by atoms with Gasteiger partial charge in [-0.3, -0.25) is 4.98 Å². The van der Waals surface area contributed by atoms with Gasteiger partial charge in [0, 0.05) is 35.8 Å². The fourth-order valence-electron chi connectivity index (χ4n) is 4.44. The third-order valence-corrected chi connectivity index (χ3v) is 6.29. The molecule has 0 aliphatic carbocycles. The number of fused-ring (bicyclic) bond motifs is 2. The van der Waals surface area contributed by atoms with Crippen LogP contribution in [0.1, 0.15) is 33.4 Å². The molecule has 3 aromatic heterocycles. The van der Waals surface area contributed by atoms with Gasteiger partial charge in [-0.05, 0) is 84.3 Å². The number of benzene rings is 2. The average Bonchev–Trinajstić information content (AvgIpc) is 2.87. The van der Waals surface area contributed by atoms with Gasteiger partial charge in [-0.15, -0.1) is 0 Å². The number of nitrogens with one attached hydrogen (secondary N) is 1. The van der Waals surface area contributed by atoms with Crippen molar-refractivity contribution in [2.45, 2.75) is 33.9 Å². The number of hydrogen-bond acceptors (Lipinski definition) is 8. The second-order valence-electron chi connectivity index (χ2n) is 8.81. The molecule has 5 rings (SSSR count). The van der Waals surface area contributed by atoms with Gasteiger partial charge in [-0.25, -0.2) is 15.0 Å². The Morgan fingerprint density at radius 3 is 2.69 bits per heavy atom. The van der Waals surface area contributed by atoms with Gasteiger partial charge in [0.1, 0.15) is 30.6 Å². The monoisotopic (exact) mass is 475 g/mol. The second kappa shape index (κ2) is 9.47. The molecule has 3 N–H and O–H groups in total. The molecule has 8 nitrogen and oxygen atoms in total. The third-order valence-electron chi connectivity index (χ3n) is 6.29. The van der Waals surface area contributed by atoms with Crippen LogP contribution >= 0.6 is 0 Å². The van der Waals surface area contributed by atoms with Crippen LogP contribution in [0.3, 0.4) is 0 Å². The summed E-state index contributed by atoms with van der Waals surface area (Å²) in [5, 5.41) is 15.9. The summed E-state index contributed by atoms with van der Waals surface area (Å²) in [5.74, 6) is 1.64. The lowest BCUT2D eigenvalue weighted by atomic mass is 9.96. The van der Waals surface area contributed by atoms with E-state index in [2.05, 4.69) is 51.2 Å². The number of rotatable bonds is 6. The molecule has 2 aromatic carbocycles. The molecule has 3 heterocycles. The Labute approximate surface area is 208 Å². The molecule has 8 heteroatoms. The Bertz CT molecular complexity index is 1660. The summed E-state index contributed by atoms with van der Waals surface area (Å²) in [6, 6.07) is 13.9. The zero-order chi connectivity index (χ0) is 25.2. The van der Waals surface area contributed by atoms with Crippen molar-refractivity contribution in [3.05, 3.63) is 88.5 Å². The number of nitriles is 1. The minimum Gasteiger partial charge on any atom is -0.473 e. The highest BCUT2D eigenvalue weighted by atomic mass is 16.5. The molecule has 0 aliphatic rings. The van der Waals surface area contributed by atoms with Crippen molar-refractivity contribution in [2.75, 3.05) is 11.1 Å². The Balaban J connectivity index is 1.32. The van der Waals surface area contributed by atoms with E-state index in [0.29, 0.717) is 35.1 Å². The molecule has 0 saturated heterocycles. The van der Waals surface area contributed by atoms with Gasteiger partial charge in [0.05, 0.1) is 11.1 Å². The normalized spacial score (nSPS) is 10.9. The average molecular weight is 476 g/mol. The zero-order valence-electron chi connectivity index (χ0n) is 20.3. The topological polar surface area (TPSA) is 123 Å². The van der Waals surface area contributed by atoms with Crippen LogP contribution in [-0.2, 0) is 13.2 Å². The van der Waals surface area contributed by atoms with Crippen LogP contribution in [0.15, 0.2) is 55.1 Å². The lowest BCUT2D eigenvalue weighted by Gasteiger charge is -2.15. The van der Waals surface area contributed by atoms with Crippen LogP contribution in [0.4, 0.5) is 11.6 Å². The summed E-state index contributed by atoms with van der Waals surface area (Å²) in [5.41, 5.74) is 12.7. The Morgan fingerprint density at radius 2 is 1.86 bits per heavy atom. The van der Waals surface area contributed by atoms with Crippen molar-refractivity contribution in [3.8, 4) is 11.9 Å². The standard InChI is InChI=1S/C28H25N7O/c1-16-6-20-8-19(9-21(11-29)27(20)33-12-16)14-36-26-10-25(34-15-35-26)32-13-24-17(2)7-23-22(18(24)3)4-5-31-28(23)30/h4-10,12,15H,13-14H2,1-3H3,(H2,30,31)(H,32,34,35). The number of pyridine rings is 2. The van der Waals surface area contributed by atoms with E-state index in [4.69, 9.17) is 10.5 Å². The third kappa shape index (κ3) is 4.46. The second-order valence-corrected chi connectivity index (χ2v) is 8.81. The van der Waals surface area contributed by atoms with Crippen LogP contribution in [0.5, 0.6) is 5.88 Å². The summed E-state index contributed by atoms with van der Waals surface area (Å²) in [7, 11) is 0. The van der Waals surface area contributed by atoms with Crippen molar-refractivity contribution in [3.63, 3.8) is 0 Å². The van der Waals surface area contributed by atoms with E-state index in [9.17, 15) is 5.26 Å². The maximum atomic E-state index is 9.55. The molecule has 0 fully saturated rings. The number of nitrogens with two attached hydrogens (primary N) is 1. The van der Waals surface area contributed by atoms with Crippen molar-refractivity contribution in [1.29, 1.82) is 5.26 Å². The summed E-state index contributed by atoms with van der Waals surface area (Å²) >= 11 is 0.